The minimum Gasteiger partial charge on any atom is -0.544 e. The van der Waals surface area contributed by atoms with Crippen LogP contribution in [0.2, 0.25) is 18.1 Å². The van der Waals surface area contributed by atoms with Gasteiger partial charge < -0.3 is 14.1 Å². The highest BCUT2D eigenvalue weighted by molar-refractivity contribution is 6.74. The van der Waals surface area contributed by atoms with Gasteiger partial charge in [-0.05, 0) is 81.4 Å². The van der Waals surface area contributed by atoms with Crippen LogP contribution in [-0.4, -0.2) is 45.4 Å². The van der Waals surface area contributed by atoms with Crippen molar-refractivity contribution in [1.82, 2.24) is 4.90 Å². The molecule has 0 N–H and O–H groups in total. The number of esters is 1. The summed E-state index contributed by atoms with van der Waals surface area (Å²) in [6, 6.07) is 8.34. The van der Waals surface area contributed by atoms with E-state index in [0.717, 1.165) is 50.1 Å². The Morgan fingerprint density at radius 1 is 0.968 bits per heavy atom. The van der Waals surface area contributed by atoms with Crippen LogP contribution in [0.5, 0.6) is 5.75 Å². The van der Waals surface area contributed by atoms with Gasteiger partial charge in [0, 0.05) is 13.1 Å². The Morgan fingerprint density at radius 3 is 2.03 bits per heavy atom. The van der Waals surface area contributed by atoms with Crippen molar-refractivity contribution in [2.45, 2.75) is 95.9 Å². The zero-order chi connectivity index (χ0) is 22.9. The van der Waals surface area contributed by atoms with Crippen molar-refractivity contribution in [3.8, 4) is 5.75 Å². The smallest absolute Gasteiger partial charge is 0.316 e. The minimum absolute atomic E-state index is 0.0352. The summed E-state index contributed by atoms with van der Waals surface area (Å²) in [6.07, 6.45) is 6.51. The van der Waals surface area contributed by atoms with Gasteiger partial charge in [-0.15, -0.1) is 0 Å². The normalized spacial score (nSPS) is 21.6. The molecule has 1 aromatic rings. The minimum atomic E-state index is -1.89. The monoisotopic (exact) mass is 445 g/mol. The standard InChI is InChI=1S/C26H43NO3Si/c1-25(2,3)31(6,7)30-23-14-12-21(13-15-23)26(4,20-10-8-9-11-20)24(28)29-22-16-18-27(5)19-17-22/h12-15,20,22H,8-11,16-19H2,1-7H3. The molecule has 1 aliphatic heterocycles. The van der Waals surface area contributed by atoms with E-state index in [1.165, 1.54) is 12.8 Å². The second-order valence-electron chi connectivity index (χ2n) is 11.5. The van der Waals surface area contributed by atoms with Crippen molar-refractivity contribution < 1.29 is 14.0 Å². The summed E-state index contributed by atoms with van der Waals surface area (Å²) in [5.41, 5.74) is 0.481. The lowest BCUT2D eigenvalue weighted by atomic mass is 9.71. The van der Waals surface area contributed by atoms with E-state index < -0.39 is 13.7 Å². The highest BCUT2D eigenvalue weighted by Crippen LogP contribution is 2.44. The van der Waals surface area contributed by atoms with Gasteiger partial charge in [-0.25, -0.2) is 0 Å². The Morgan fingerprint density at radius 2 is 1.52 bits per heavy atom. The molecule has 5 heteroatoms. The Balaban J connectivity index is 1.80. The lowest BCUT2D eigenvalue weighted by molar-refractivity contribution is -0.160. The van der Waals surface area contributed by atoms with E-state index in [-0.39, 0.29) is 17.1 Å². The summed E-state index contributed by atoms with van der Waals surface area (Å²) >= 11 is 0. The first-order valence-corrected chi connectivity index (χ1v) is 15.0. The van der Waals surface area contributed by atoms with Crippen LogP contribution >= 0.6 is 0 Å². The number of benzene rings is 1. The van der Waals surface area contributed by atoms with Crippen molar-refractivity contribution >= 4 is 14.3 Å². The van der Waals surface area contributed by atoms with Crippen LogP contribution in [0.25, 0.3) is 0 Å². The number of piperidine rings is 1. The summed E-state index contributed by atoms with van der Waals surface area (Å²) in [5, 5.41) is 0.155. The van der Waals surface area contributed by atoms with Gasteiger partial charge in [0.2, 0.25) is 8.32 Å². The molecular formula is C26H43NO3Si. The second-order valence-corrected chi connectivity index (χ2v) is 16.2. The largest absolute Gasteiger partial charge is 0.544 e. The number of ether oxygens (including phenoxy) is 1. The van der Waals surface area contributed by atoms with Crippen LogP contribution in [0.1, 0.15) is 71.8 Å². The Hall–Kier alpha value is -1.33. The van der Waals surface area contributed by atoms with E-state index in [2.05, 4.69) is 77.0 Å². The number of carbonyl (C=O) groups is 1. The molecule has 2 fully saturated rings. The molecule has 31 heavy (non-hydrogen) atoms. The fourth-order valence-corrected chi connectivity index (χ4v) is 5.75. The molecule has 3 rings (SSSR count). The van der Waals surface area contributed by atoms with Gasteiger partial charge in [0.25, 0.3) is 0 Å². The predicted molar refractivity (Wildman–Crippen MR) is 130 cm³/mol. The third-order valence-corrected chi connectivity index (χ3v) is 12.5. The molecule has 2 aliphatic rings. The Kier molecular flexibility index (Phi) is 7.27. The fourth-order valence-electron chi connectivity index (χ4n) is 4.72. The lowest BCUT2D eigenvalue weighted by Crippen LogP contribution is -2.44. The average molecular weight is 446 g/mol. The molecule has 0 bridgehead atoms. The van der Waals surface area contributed by atoms with E-state index in [4.69, 9.17) is 9.16 Å². The quantitative estimate of drug-likeness (QED) is 0.388. The highest BCUT2D eigenvalue weighted by atomic mass is 28.4. The van der Waals surface area contributed by atoms with Crippen LogP contribution in [0.3, 0.4) is 0 Å². The first-order valence-electron chi connectivity index (χ1n) is 12.1. The first kappa shape index (κ1) is 24.3. The van der Waals surface area contributed by atoms with Crippen molar-refractivity contribution in [2.75, 3.05) is 20.1 Å². The molecule has 4 nitrogen and oxygen atoms in total. The average Bonchev–Trinajstić information content (AvgIpc) is 3.24. The van der Waals surface area contributed by atoms with E-state index in [9.17, 15) is 4.79 Å². The maximum Gasteiger partial charge on any atom is 0.316 e. The first-order chi connectivity index (χ1) is 14.4. The topological polar surface area (TPSA) is 38.8 Å². The zero-order valence-corrected chi connectivity index (χ0v) is 21.8. The number of carbonyl (C=O) groups excluding carboxylic acids is 1. The van der Waals surface area contributed by atoms with Gasteiger partial charge in [-0.3, -0.25) is 4.79 Å². The Bertz CT molecular complexity index is 741. The predicted octanol–water partition coefficient (Wildman–Crippen LogP) is 6.16. The summed E-state index contributed by atoms with van der Waals surface area (Å²) in [5.74, 6) is 1.22. The third kappa shape index (κ3) is 5.36. The number of hydrogen-bond donors (Lipinski definition) is 0. The molecule has 1 saturated heterocycles. The lowest BCUT2D eigenvalue weighted by Gasteiger charge is -2.38. The van der Waals surface area contributed by atoms with Gasteiger partial charge in [-0.1, -0.05) is 45.7 Å². The van der Waals surface area contributed by atoms with Crippen LogP contribution < -0.4 is 4.43 Å². The highest BCUT2D eigenvalue weighted by Gasteiger charge is 2.46. The van der Waals surface area contributed by atoms with Crippen LogP contribution in [0.15, 0.2) is 24.3 Å². The van der Waals surface area contributed by atoms with Crippen molar-refractivity contribution in [3.05, 3.63) is 29.8 Å². The van der Waals surface area contributed by atoms with Gasteiger partial charge in [0.05, 0.1) is 5.41 Å². The number of likely N-dealkylation sites (tertiary alicyclic amines) is 1. The summed E-state index contributed by atoms with van der Waals surface area (Å²) in [4.78, 5) is 15.9. The van der Waals surface area contributed by atoms with Gasteiger partial charge in [0.15, 0.2) is 0 Å². The van der Waals surface area contributed by atoms with Gasteiger partial charge in [-0.2, -0.15) is 0 Å². The molecule has 0 spiro atoms. The molecule has 0 amide bonds. The van der Waals surface area contributed by atoms with E-state index in [1.807, 2.05) is 0 Å². The van der Waals surface area contributed by atoms with Crippen molar-refractivity contribution in [3.63, 3.8) is 0 Å². The molecule has 0 aromatic heterocycles. The van der Waals surface area contributed by atoms with E-state index in [1.54, 1.807) is 0 Å². The SMILES string of the molecule is CN1CCC(OC(=O)C(C)(c2ccc(O[Si](C)(C)C(C)(C)C)cc2)C2CCCC2)CC1. The zero-order valence-electron chi connectivity index (χ0n) is 20.8. The molecular weight excluding hydrogens is 402 g/mol. The van der Waals surface area contributed by atoms with Gasteiger partial charge >= 0.3 is 5.97 Å². The third-order valence-electron chi connectivity index (χ3n) is 8.17. The van der Waals surface area contributed by atoms with Gasteiger partial charge in [0.1, 0.15) is 11.9 Å². The molecule has 1 unspecified atom stereocenters. The van der Waals surface area contributed by atoms with E-state index >= 15 is 0 Å². The van der Waals surface area contributed by atoms with Crippen molar-refractivity contribution in [2.24, 2.45) is 5.92 Å². The molecule has 1 heterocycles. The number of rotatable bonds is 6. The molecule has 174 valence electrons. The molecule has 0 radical (unpaired) electrons. The molecule has 1 atom stereocenters. The second kappa shape index (κ2) is 9.26. The number of hydrogen-bond acceptors (Lipinski definition) is 4. The molecule has 1 saturated carbocycles. The number of nitrogens with zero attached hydrogens (tertiary/aromatic N) is 1. The van der Waals surface area contributed by atoms with E-state index in [0.29, 0.717) is 5.92 Å². The Labute approximate surface area is 190 Å². The fraction of sp³-hybridized carbons (Fsp3) is 0.731. The maximum atomic E-state index is 13.6. The summed E-state index contributed by atoms with van der Waals surface area (Å²) in [6.45, 7) is 15.4. The van der Waals surface area contributed by atoms with Crippen LogP contribution in [-0.2, 0) is 14.9 Å². The summed E-state index contributed by atoms with van der Waals surface area (Å²) in [7, 11) is 0.246. The molecule has 1 aliphatic carbocycles. The summed E-state index contributed by atoms with van der Waals surface area (Å²) < 4.78 is 12.6. The van der Waals surface area contributed by atoms with Crippen LogP contribution in [0, 0.1) is 5.92 Å². The van der Waals surface area contributed by atoms with Crippen LogP contribution in [0.4, 0.5) is 0 Å². The van der Waals surface area contributed by atoms with Crippen molar-refractivity contribution in [1.29, 1.82) is 0 Å². The molecule has 1 aromatic carbocycles. The maximum absolute atomic E-state index is 13.6.